The third-order valence-corrected chi connectivity index (χ3v) is 5.85. The van der Waals surface area contributed by atoms with E-state index in [4.69, 9.17) is 11.6 Å². The molecule has 128 valence electrons. The summed E-state index contributed by atoms with van der Waals surface area (Å²) < 4.78 is 35.8. The quantitative estimate of drug-likeness (QED) is 0.756. The van der Waals surface area contributed by atoms with E-state index in [1.165, 1.54) is 24.3 Å². The number of hydrogen-bond donors (Lipinski definition) is 1. The lowest BCUT2D eigenvalue weighted by molar-refractivity contribution is -0.122. The van der Waals surface area contributed by atoms with E-state index in [1.807, 2.05) is 0 Å². The maximum Gasteiger partial charge on any atom is 0.243 e. The fraction of sp³-hybridized carbons (Fsp3) is 0.385. The van der Waals surface area contributed by atoms with E-state index < -0.39 is 27.2 Å². The fourth-order valence-electron chi connectivity index (χ4n) is 2.34. The number of amides is 1. The maximum atomic E-state index is 12.9. The van der Waals surface area contributed by atoms with Gasteiger partial charge in [-0.2, -0.15) is 4.80 Å². The van der Waals surface area contributed by atoms with Gasteiger partial charge in [0.15, 0.2) is 9.84 Å². The lowest BCUT2D eigenvalue weighted by Gasteiger charge is -2.13. The first-order chi connectivity index (χ1) is 11.3. The highest BCUT2D eigenvalue weighted by Gasteiger charge is 2.37. The highest BCUT2D eigenvalue weighted by atomic mass is 35.5. The zero-order valence-corrected chi connectivity index (χ0v) is 13.8. The van der Waals surface area contributed by atoms with Gasteiger partial charge in [-0.15, -0.1) is 21.8 Å². The molecule has 1 aromatic carbocycles. The van der Waals surface area contributed by atoms with Crippen LogP contribution in [-0.2, 0) is 21.2 Å². The predicted octanol–water partition coefficient (Wildman–Crippen LogP) is -0.000200. The van der Waals surface area contributed by atoms with E-state index in [0.717, 1.165) is 4.80 Å². The highest BCUT2D eigenvalue weighted by molar-refractivity contribution is 7.91. The van der Waals surface area contributed by atoms with Crippen molar-refractivity contribution in [3.05, 3.63) is 30.1 Å². The zero-order chi connectivity index (χ0) is 17.3. The number of alkyl halides is 1. The van der Waals surface area contributed by atoms with Crippen molar-refractivity contribution >= 4 is 27.3 Å². The Hall–Kier alpha value is -2.07. The van der Waals surface area contributed by atoms with Gasteiger partial charge in [-0.25, -0.2) is 12.8 Å². The topological polar surface area (TPSA) is 107 Å². The molecule has 1 aromatic heterocycles. The monoisotopic (exact) mass is 373 g/mol. The van der Waals surface area contributed by atoms with E-state index in [-0.39, 0.29) is 29.7 Å². The Balaban J connectivity index is 1.62. The third kappa shape index (κ3) is 3.88. The van der Waals surface area contributed by atoms with E-state index in [0.29, 0.717) is 5.56 Å². The van der Waals surface area contributed by atoms with Crippen molar-refractivity contribution in [3.8, 4) is 11.4 Å². The number of carbonyl (C=O) groups is 1. The molecule has 11 heteroatoms. The molecule has 1 saturated heterocycles. The van der Waals surface area contributed by atoms with Crippen LogP contribution >= 0.6 is 11.6 Å². The van der Waals surface area contributed by atoms with Crippen molar-refractivity contribution in [2.45, 2.75) is 18.0 Å². The predicted molar refractivity (Wildman–Crippen MR) is 83.4 cm³/mol. The Morgan fingerprint density at radius 1 is 1.33 bits per heavy atom. The molecule has 8 nitrogen and oxygen atoms in total. The number of rotatable bonds is 4. The second-order valence-electron chi connectivity index (χ2n) is 5.42. The molecule has 0 saturated carbocycles. The van der Waals surface area contributed by atoms with Crippen LogP contribution in [0.3, 0.4) is 0 Å². The number of aromatic nitrogens is 4. The second-order valence-corrected chi connectivity index (χ2v) is 8.13. The lowest BCUT2D eigenvalue weighted by Crippen LogP contribution is -2.42. The summed E-state index contributed by atoms with van der Waals surface area (Å²) >= 11 is 5.93. The van der Waals surface area contributed by atoms with Crippen molar-refractivity contribution in [2.75, 3.05) is 11.5 Å². The summed E-state index contributed by atoms with van der Waals surface area (Å²) in [6.07, 6.45) is 0. The van der Waals surface area contributed by atoms with Crippen molar-refractivity contribution in [3.63, 3.8) is 0 Å². The lowest BCUT2D eigenvalue weighted by atomic mass is 10.2. The number of hydrogen-bond acceptors (Lipinski definition) is 6. The van der Waals surface area contributed by atoms with Crippen molar-refractivity contribution < 1.29 is 17.6 Å². The van der Waals surface area contributed by atoms with Gasteiger partial charge in [-0.05, 0) is 29.5 Å². The normalized spacial score (nSPS) is 22.4. The first-order valence-electron chi connectivity index (χ1n) is 7.00. The molecule has 0 spiro atoms. The van der Waals surface area contributed by atoms with E-state index >= 15 is 0 Å². The molecule has 2 heterocycles. The average molecular weight is 374 g/mol. The zero-order valence-electron chi connectivity index (χ0n) is 12.3. The van der Waals surface area contributed by atoms with Crippen molar-refractivity contribution in [2.24, 2.45) is 0 Å². The Morgan fingerprint density at radius 3 is 2.67 bits per heavy atom. The minimum Gasteiger partial charge on any atom is -0.349 e. The summed E-state index contributed by atoms with van der Waals surface area (Å²) in [6, 6.07) is 4.90. The number of nitrogens with zero attached hydrogens (tertiary/aromatic N) is 4. The number of halogens is 2. The molecule has 1 amide bonds. The molecule has 24 heavy (non-hydrogen) atoms. The highest BCUT2D eigenvalue weighted by Crippen LogP contribution is 2.18. The van der Waals surface area contributed by atoms with Gasteiger partial charge in [0.25, 0.3) is 0 Å². The number of carbonyl (C=O) groups excluding carboxylic acids is 1. The molecule has 1 aliphatic rings. The van der Waals surface area contributed by atoms with Crippen LogP contribution in [0.2, 0.25) is 0 Å². The van der Waals surface area contributed by atoms with Gasteiger partial charge in [0.1, 0.15) is 12.4 Å². The molecule has 1 aliphatic heterocycles. The Bertz CT molecular complexity index is 855. The number of tetrazole rings is 1. The minimum atomic E-state index is -3.23. The molecule has 3 rings (SSSR count). The summed E-state index contributed by atoms with van der Waals surface area (Å²) in [7, 11) is -3.23. The van der Waals surface area contributed by atoms with Crippen LogP contribution in [0.25, 0.3) is 11.4 Å². The molecule has 1 N–H and O–H groups in total. The van der Waals surface area contributed by atoms with E-state index in [9.17, 15) is 17.6 Å². The van der Waals surface area contributed by atoms with Gasteiger partial charge < -0.3 is 5.32 Å². The van der Waals surface area contributed by atoms with Gasteiger partial charge in [-0.3, -0.25) is 4.79 Å². The fourth-order valence-corrected chi connectivity index (χ4v) is 4.89. The molecule has 2 aromatic rings. The van der Waals surface area contributed by atoms with Gasteiger partial charge in [0, 0.05) is 5.56 Å². The van der Waals surface area contributed by atoms with Crippen LogP contribution in [0.15, 0.2) is 24.3 Å². The second kappa shape index (κ2) is 6.44. The molecule has 0 bridgehead atoms. The van der Waals surface area contributed by atoms with Crippen LogP contribution in [0.4, 0.5) is 4.39 Å². The SMILES string of the molecule is O=C(Cn1nnc(-c2ccc(F)cc2)n1)N[C@@H]1CS(=O)(=O)C[C@H]1Cl. The van der Waals surface area contributed by atoms with Gasteiger partial charge in [-0.1, -0.05) is 0 Å². The van der Waals surface area contributed by atoms with Crippen LogP contribution in [-0.4, -0.2) is 57.5 Å². The Labute approximate surface area is 141 Å². The Morgan fingerprint density at radius 2 is 2.04 bits per heavy atom. The number of nitrogens with one attached hydrogen (secondary N) is 1. The molecule has 1 fully saturated rings. The largest absolute Gasteiger partial charge is 0.349 e. The first-order valence-corrected chi connectivity index (χ1v) is 9.26. The van der Waals surface area contributed by atoms with Gasteiger partial charge in [0.2, 0.25) is 11.7 Å². The summed E-state index contributed by atoms with van der Waals surface area (Å²) in [5.74, 6) is -0.936. The average Bonchev–Trinajstić information content (AvgIpc) is 3.04. The van der Waals surface area contributed by atoms with E-state index in [1.54, 1.807) is 0 Å². The van der Waals surface area contributed by atoms with Gasteiger partial charge in [0.05, 0.1) is 22.9 Å². The number of sulfone groups is 1. The molecule has 2 atom stereocenters. The van der Waals surface area contributed by atoms with Crippen LogP contribution in [0.5, 0.6) is 0 Å². The molecule has 0 radical (unpaired) electrons. The van der Waals surface area contributed by atoms with Gasteiger partial charge >= 0.3 is 0 Å². The van der Waals surface area contributed by atoms with Crippen molar-refractivity contribution in [1.82, 2.24) is 25.5 Å². The minimum absolute atomic E-state index is 0.157. The van der Waals surface area contributed by atoms with Crippen LogP contribution < -0.4 is 5.32 Å². The van der Waals surface area contributed by atoms with Crippen molar-refractivity contribution in [1.29, 1.82) is 0 Å². The summed E-state index contributed by atoms with van der Waals surface area (Å²) in [5, 5.41) is 13.5. The molecular weight excluding hydrogens is 361 g/mol. The standard InChI is InChI=1S/C13H13ClFN5O3S/c14-10-6-24(22,23)7-11(10)16-12(21)5-20-18-13(17-19-20)8-1-3-9(15)4-2-8/h1-4,10-11H,5-7H2,(H,16,21)/t10-,11-/m1/s1. The number of benzene rings is 1. The molecule has 0 unspecified atom stereocenters. The molecule has 0 aliphatic carbocycles. The first kappa shape index (κ1) is 16.8. The van der Waals surface area contributed by atoms with E-state index in [2.05, 4.69) is 20.7 Å². The van der Waals surface area contributed by atoms with Crippen LogP contribution in [0.1, 0.15) is 0 Å². The third-order valence-electron chi connectivity index (χ3n) is 3.47. The van der Waals surface area contributed by atoms with Crippen LogP contribution in [0, 0.1) is 5.82 Å². The Kier molecular flexibility index (Phi) is 4.50. The summed E-state index contributed by atoms with van der Waals surface area (Å²) in [5.41, 5.74) is 0.561. The summed E-state index contributed by atoms with van der Waals surface area (Å²) in [4.78, 5) is 13.0. The smallest absolute Gasteiger partial charge is 0.243 e. The molecular formula is C13H13ClFN5O3S. The summed E-state index contributed by atoms with van der Waals surface area (Å²) in [6.45, 7) is -0.228. The maximum absolute atomic E-state index is 12.9.